The minimum Gasteiger partial charge on any atom is -0.497 e. The van der Waals surface area contributed by atoms with Crippen LogP contribution in [0, 0.1) is 0 Å². The van der Waals surface area contributed by atoms with Gasteiger partial charge in [0.05, 0.1) is 19.0 Å². The van der Waals surface area contributed by atoms with Gasteiger partial charge >= 0.3 is 0 Å². The lowest BCUT2D eigenvalue weighted by Gasteiger charge is -2.23. The van der Waals surface area contributed by atoms with Crippen LogP contribution >= 0.6 is 0 Å². The number of aliphatic hydroxyl groups is 1. The normalized spacial score (nSPS) is 21.7. The average Bonchev–Trinajstić information content (AvgIpc) is 2.78. The van der Waals surface area contributed by atoms with Gasteiger partial charge in [-0.3, -0.25) is 9.97 Å². The van der Waals surface area contributed by atoms with E-state index in [0.29, 0.717) is 12.1 Å². The summed E-state index contributed by atoms with van der Waals surface area (Å²) >= 11 is 0. The van der Waals surface area contributed by atoms with Crippen molar-refractivity contribution in [2.45, 2.75) is 18.4 Å². The zero-order chi connectivity index (χ0) is 12.6. The Labute approximate surface area is 105 Å². The van der Waals surface area contributed by atoms with E-state index in [1.165, 1.54) is 0 Å². The molecule has 92 valence electrons. The van der Waals surface area contributed by atoms with E-state index in [4.69, 9.17) is 4.74 Å². The highest BCUT2D eigenvalue weighted by Gasteiger charge is 2.40. The number of methoxy groups -OCH3 is 1. The van der Waals surface area contributed by atoms with Crippen molar-refractivity contribution in [3.05, 3.63) is 53.6 Å². The van der Waals surface area contributed by atoms with Gasteiger partial charge in [0.1, 0.15) is 11.4 Å². The highest BCUT2D eigenvalue weighted by atomic mass is 16.5. The third-order valence-corrected chi connectivity index (χ3v) is 3.51. The smallest absolute Gasteiger partial charge is 0.134 e. The molecule has 2 aromatic rings. The molecule has 4 nitrogen and oxygen atoms in total. The van der Waals surface area contributed by atoms with E-state index in [9.17, 15) is 5.11 Å². The van der Waals surface area contributed by atoms with E-state index in [-0.39, 0.29) is 0 Å². The molecule has 3 rings (SSSR count). The summed E-state index contributed by atoms with van der Waals surface area (Å²) in [6.07, 6.45) is 6.30. The molecule has 0 fully saturated rings. The summed E-state index contributed by atoms with van der Waals surface area (Å²) in [6, 6.07) is 5.81. The maximum Gasteiger partial charge on any atom is 0.134 e. The van der Waals surface area contributed by atoms with Crippen LogP contribution in [0.4, 0.5) is 0 Å². The molecule has 1 aliphatic carbocycles. The number of hydrogen-bond acceptors (Lipinski definition) is 4. The van der Waals surface area contributed by atoms with Crippen LogP contribution in [0.5, 0.6) is 5.75 Å². The van der Waals surface area contributed by atoms with E-state index < -0.39 is 5.60 Å². The average molecular weight is 242 g/mol. The van der Waals surface area contributed by atoms with Crippen molar-refractivity contribution in [1.29, 1.82) is 0 Å². The molecule has 1 heterocycles. The van der Waals surface area contributed by atoms with E-state index in [1.54, 1.807) is 25.7 Å². The van der Waals surface area contributed by atoms with Gasteiger partial charge in [0.25, 0.3) is 0 Å². The number of aryl methyl sites for hydroxylation is 1. The van der Waals surface area contributed by atoms with Crippen LogP contribution in [0.2, 0.25) is 0 Å². The van der Waals surface area contributed by atoms with Crippen LogP contribution in [-0.4, -0.2) is 22.2 Å². The molecule has 4 heteroatoms. The lowest BCUT2D eigenvalue weighted by atomic mass is 9.92. The molecule has 0 bridgehead atoms. The number of fused-ring (bicyclic) bond motifs is 1. The monoisotopic (exact) mass is 242 g/mol. The largest absolute Gasteiger partial charge is 0.497 e. The maximum absolute atomic E-state index is 10.9. The van der Waals surface area contributed by atoms with Crippen molar-refractivity contribution >= 4 is 0 Å². The lowest BCUT2D eigenvalue weighted by Crippen LogP contribution is -2.25. The second kappa shape index (κ2) is 4.07. The Balaban J connectivity index is 2.13. The van der Waals surface area contributed by atoms with Gasteiger partial charge in [-0.2, -0.15) is 0 Å². The number of benzene rings is 1. The topological polar surface area (TPSA) is 55.2 Å². The van der Waals surface area contributed by atoms with Crippen molar-refractivity contribution in [2.24, 2.45) is 0 Å². The Hall–Kier alpha value is -1.94. The first-order valence-corrected chi connectivity index (χ1v) is 5.90. The molecule has 1 aliphatic rings. The molecule has 1 unspecified atom stereocenters. The highest BCUT2D eigenvalue weighted by Crippen LogP contribution is 2.42. The molecule has 0 spiro atoms. The van der Waals surface area contributed by atoms with Crippen molar-refractivity contribution < 1.29 is 9.84 Å². The quantitative estimate of drug-likeness (QED) is 0.870. The van der Waals surface area contributed by atoms with Gasteiger partial charge < -0.3 is 9.84 Å². The Morgan fingerprint density at radius 2 is 2.22 bits per heavy atom. The van der Waals surface area contributed by atoms with E-state index in [2.05, 4.69) is 9.97 Å². The van der Waals surface area contributed by atoms with E-state index in [1.807, 2.05) is 18.2 Å². The molecule has 0 saturated heterocycles. The van der Waals surface area contributed by atoms with E-state index >= 15 is 0 Å². The van der Waals surface area contributed by atoms with Gasteiger partial charge in [-0.25, -0.2) is 0 Å². The van der Waals surface area contributed by atoms with Crippen LogP contribution in [-0.2, 0) is 12.0 Å². The molecule has 0 aliphatic heterocycles. The fraction of sp³-hybridized carbons (Fsp3) is 0.286. The minimum absolute atomic E-state index is 0.594. The minimum atomic E-state index is -1.04. The third kappa shape index (κ3) is 1.57. The Morgan fingerprint density at radius 1 is 1.33 bits per heavy atom. The standard InChI is InChI=1S/C14H14N2O2/c1-18-11-3-2-10-4-5-14(17,12(10)8-11)13-9-15-6-7-16-13/h2-3,6-9,17H,4-5H2,1H3. The van der Waals surface area contributed by atoms with Gasteiger partial charge in [-0.05, 0) is 36.1 Å². The fourth-order valence-corrected chi connectivity index (χ4v) is 2.51. The molecule has 0 radical (unpaired) electrons. The van der Waals surface area contributed by atoms with Gasteiger partial charge in [-0.1, -0.05) is 6.07 Å². The van der Waals surface area contributed by atoms with Gasteiger partial charge in [0.15, 0.2) is 0 Å². The van der Waals surface area contributed by atoms with Crippen molar-refractivity contribution in [2.75, 3.05) is 7.11 Å². The zero-order valence-corrected chi connectivity index (χ0v) is 10.1. The van der Waals surface area contributed by atoms with Crippen molar-refractivity contribution in [1.82, 2.24) is 9.97 Å². The summed E-state index contributed by atoms with van der Waals surface area (Å²) < 4.78 is 5.22. The van der Waals surface area contributed by atoms with Gasteiger partial charge in [-0.15, -0.1) is 0 Å². The number of rotatable bonds is 2. The first-order chi connectivity index (χ1) is 8.74. The van der Waals surface area contributed by atoms with Crippen LogP contribution in [0.1, 0.15) is 23.2 Å². The summed E-state index contributed by atoms with van der Waals surface area (Å²) in [5, 5.41) is 10.9. The van der Waals surface area contributed by atoms with Crippen molar-refractivity contribution in [3.63, 3.8) is 0 Å². The van der Waals surface area contributed by atoms with Gasteiger partial charge in [0, 0.05) is 12.4 Å². The molecule has 1 N–H and O–H groups in total. The third-order valence-electron chi connectivity index (χ3n) is 3.51. The summed E-state index contributed by atoms with van der Waals surface area (Å²) in [5.41, 5.74) is 1.57. The fourth-order valence-electron chi connectivity index (χ4n) is 2.51. The van der Waals surface area contributed by atoms with Crippen LogP contribution in [0.25, 0.3) is 0 Å². The first kappa shape index (κ1) is 11.2. The first-order valence-electron chi connectivity index (χ1n) is 5.90. The Morgan fingerprint density at radius 3 is 2.94 bits per heavy atom. The molecule has 18 heavy (non-hydrogen) atoms. The van der Waals surface area contributed by atoms with Gasteiger partial charge in [0.2, 0.25) is 0 Å². The molecule has 1 aromatic heterocycles. The summed E-state index contributed by atoms with van der Waals surface area (Å²) in [6.45, 7) is 0. The Bertz CT molecular complexity index is 571. The lowest BCUT2D eigenvalue weighted by molar-refractivity contribution is 0.0776. The second-order valence-corrected chi connectivity index (χ2v) is 4.47. The zero-order valence-electron chi connectivity index (χ0n) is 10.1. The second-order valence-electron chi connectivity index (χ2n) is 4.47. The SMILES string of the molecule is COc1ccc2c(c1)C(O)(c1cnccn1)CC2. The van der Waals surface area contributed by atoms with Crippen molar-refractivity contribution in [3.8, 4) is 5.75 Å². The Kier molecular flexibility index (Phi) is 2.52. The van der Waals surface area contributed by atoms with Crippen LogP contribution in [0.3, 0.4) is 0 Å². The predicted molar refractivity (Wildman–Crippen MR) is 66.3 cm³/mol. The summed E-state index contributed by atoms with van der Waals surface area (Å²) in [4.78, 5) is 8.27. The van der Waals surface area contributed by atoms with Crippen LogP contribution in [0.15, 0.2) is 36.8 Å². The molecule has 1 atom stereocenters. The van der Waals surface area contributed by atoms with E-state index in [0.717, 1.165) is 23.3 Å². The number of hydrogen-bond donors (Lipinski definition) is 1. The molecular weight excluding hydrogens is 228 g/mol. The molecular formula is C14H14N2O2. The summed E-state index contributed by atoms with van der Waals surface area (Å²) in [5.74, 6) is 0.748. The molecule has 0 amide bonds. The summed E-state index contributed by atoms with van der Waals surface area (Å²) in [7, 11) is 1.62. The predicted octanol–water partition coefficient (Wildman–Crippen LogP) is 1.67. The maximum atomic E-state index is 10.9. The highest BCUT2D eigenvalue weighted by molar-refractivity contribution is 5.46. The number of nitrogens with zero attached hydrogens (tertiary/aromatic N) is 2. The molecule has 1 aromatic carbocycles. The van der Waals surface area contributed by atoms with Crippen LogP contribution < -0.4 is 4.74 Å². The number of aromatic nitrogens is 2. The molecule has 0 saturated carbocycles. The number of ether oxygens (including phenoxy) is 1.